The van der Waals surface area contributed by atoms with Gasteiger partial charge < -0.3 is 10.1 Å². The van der Waals surface area contributed by atoms with E-state index in [0.717, 1.165) is 10.5 Å². The number of anilines is 1. The van der Waals surface area contributed by atoms with Crippen LogP contribution in [0.2, 0.25) is 0 Å². The van der Waals surface area contributed by atoms with Gasteiger partial charge in [-0.05, 0) is 30.5 Å². The van der Waals surface area contributed by atoms with E-state index in [4.69, 9.17) is 4.74 Å². The minimum Gasteiger partial charge on any atom is -0.489 e. The predicted molar refractivity (Wildman–Crippen MR) is 112 cm³/mol. The molecule has 2 aliphatic heterocycles. The summed E-state index contributed by atoms with van der Waals surface area (Å²) in [5.41, 5.74) is 0.625. The minimum absolute atomic E-state index is 0.292. The summed E-state index contributed by atoms with van der Waals surface area (Å²) in [7, 11) is 0. The SMILES string of the molecule is CCC1(CC)NC(=O)N(CC(=O)N2c3ccccc3OC[C@H]2c2ccccc2)C1=O. The predicted octanol–water partition coefficient (Wildman–Crippen LogP) is 3.26. The molecule has 156 valence electrons. The Hall–Kier alpha value is -3.35. The van der Waals surface area contributed by atoms with Gasteiger partial charge in [-0.2, -0.15) is 0 Å². The van der Waals surface area contributed by atoms with Gasteiger partial charge in [-0.3, -0.25) is 19.4 Å². The van der Waals surface area contributed by atoms with Crippen LogP contribution in [0.25, 0.3) is 0 Å². The second-order valence-electron chi connectivity index (χ2n) is 7.58. The normalized spacial score (nSPS) is 19.9. The molecule has 0 radical (unpaired) electrons. The van der Waals surface area contributed by atoms with Crippen LogP contribution in [-0.4, -0.2) is 41.4 Å². The Kier molecular flexibility index (Phi) is 5.20. The van der Waals surface area contributed by atoms with Crippen molar-refractivity contribution in [3.8, 4) is 5.75 Å². The van der Waals surface area contributed by atoms with Crippen LogP contribution < -0.4 is 15.0 Å². The first-order valence-electron chi connectivity index (χ1n) is 10.2. The quantitative estimate of drug-likeness (QED) is 0.772. The summed E-state index contributed by atoms with van der Waals surface area (Å²) >= 11 is 0. The smallest absolute Gasteiger partial charge is 0.325 e. The molecule has 2 aromatic carbocycles. The fourth-order valence-electron chi connectivity index (χ4n) is 4.18. The Labute approximate surface area is 175 Å². The van der Waals surface area contributed by atoms with Gasteiger partial charge in [0.15, 0.2) is 0 Å². The van der Waals surface area contributed by atoms with Gasteiger partial charge in [0.1, 0.15) is 24.4 Å². The van der Waals surface area contributed by atoms with Gasteiger partial charge in [0, 0.05) is 0 Å². The van der Waals surface area contributed by atoms with E-state index in [0.29, 0.717) is 30.9 Å². The molecule has 2 heterocycles. The van der Waals surface area contributed by atoms with E-state index >= 15 is 0 Å². The van der Waals surface area contributed by atoms with Crippen molar-refractivity contribution >= 4 is 23.5 Å². The molecule has 4 amide bonds. The van der Waals surface area contributed by atoms with Crippen molar-refractivity contribution in [1.29, 1.82) is 0 Å². The second-order valence-corrected chi connectivity index (χ2v) is 7.58. The Balaban J connectivity index is 1.67. The number of amides is 4. The van der Waals surface area contributed by atoms with E-state index in [9.17, 15) is 14.4 Å². The first-order valence-corrected chi connectivity index (χ1v) is 10.2. The molecule has 2 aromatic rings. The van der Waals surface area contributed by atoms with Gasteiger partial charge in [-0.1, -0.05) is 56.3 Å². The topological polar surface area (TPSA) is 79.0 Å². The van der Waals surface area contributed by atoms with Crippen molar-refractivity contribution in [2.45, 2.75) is 38.3 Å². The monoisotopic (exact) mass is 407 g/mol. The summed E-state index contributed by atoms with van der Waals surface area (Å²) in [5, 5.41) is 2.78. The summed E-state index contributed by atoms with van der Waals surface area (Å²) in [6.45, 7) is 3.69. The summed E-state index contributed by atoms with van der Waals surface area (Å²) in [5.74, 6) is -0.0681. The van der Waals surface area contributed by atoms with Crippen LogP contribution in [0.3, 0.4) is 0 Å². The largest absolute Gasteiger partial charge is 0.489 e. The molecule has 0 saturated carbocycles. The van der Waals surface area contributed by atoms with Crippen LogP contribution in [0.5, 0.6) is 5.75 Å². The van der Waals surface area contributed by atoms with Crippen molar-refractivity contribution in [2.75, 3.05) is 18.1 Å². The lowest BCUT2D eigenvalue weighted by molar-refractivity contribution is -0.134. The number of hydrogen-bond acceptors (Lipinski definition) is 4. The third-order valence-corrected chi connectivity index (χ3v) is 6.03. The van der Waals surface area contributed by atoms with Crippen LogP contribution in [0.15, 0.2) is 54.6 Å². The van der Waals surface area contributed by atoms with Crippen molar-refractivity contribution < 1.29 is 19.1 Å². The molecule has 7 nitrogen and oxygen atoms in total. The maximum absolute atomic E-state index is 13.5. The molecular weight excluding hydrogens is 382 g/mol. The van der Waals surface area contributed by atoms with Crippen LogP contribution in [-0.2, 0) is 9.59 Å². The van der Waals surface area contributed by atoms with Gasteiger partial charge >= 0.3 is 6.03 Å². The van der Waals surface area contributed by atoms with Gasteiger partial charge in [0.05, 0.1) is 11.7 Å². The molecule has 0 bridgehead atoms. The number of carbonyl (C=O) groups excluding carboxylic acids is 3. The van der Waals surface area contributed by atoms with Crippen molar-refractivity contribution in [2.24, 2.45) is 0 Å². The third kappa shape index (κ3) is 3.20. The van der Waals surface area contributed by atoms with Crippen molar-refractivity contribution in [3.63, 3.8) is 0 Å². The fourth-order valence-corrected chi connectivity index (χ4v) is 4.18. The lowest BCUT2D eigenvalue weighted by Gasteiger charge is -2.37. The molecule has 2 aliphatic rings. The number of para-hydroxylation sites is 2. The number of benzene rings is 2. The number of carbonyl (C=O) groups is 3. The van der Waals surface area contributed by atoms with Gasteiger partial charge in [-0.25, -0.2) is 4.79 Å². The highest BCUT2D eigenvalue weighted by atomic mass is 16.5. The molecule has 4 rings (SSSR count). The number of nitrogens with one attached hydrogen (secondary N) is 1. The first kappa shape index (κ1) is 19.9. The molecule has 1 N–H and O–H groups in total. The summed E-state index contributed by atoms with van der Waals surface area (Å²) in [6.07, 6.45) is 0.956. The van der Waals surface area contributed by atoms with Gasteiger partial charge in [-0.15, -0.1) is 0 Å². The van der Waals surface area contributed by atoms with E-state index in [1.54, 1.807) is 4.90 Å². The fraction of sp³-hybridized carbons (Fsp3) is 0.348. The van der Waals surface area contributed by atoms with E-state index in [1.807, 2.05) is 68.4 Å². The number of imide groups is 1. The van der Waals surface area contributed by atoms with Crippen LogP contribution in [0.4, 0.5) is 10.5 Å². The molecule has 0 unspecified atom stereocenters. The first-order chi connectivity index (χ1) is 14.5. The van der Waals surface area contributed by atoms with Crippen molar-refractivity contribution in [3.05, 3.63) is 60.2 Å². The maximum atomic E-state index is 13.5. The summed E-state index contributed by atoms with van der Waals surface area (Å²) in [6, 6.07) is 16.0. The summed E-state index contributed by atoms with van der Waals surface area (Å²) in [4.78, 5) is 41.7. The van der Waals surface area contributed by atoms with Crippen LogP contribution in [0.1, 0.15) is 38.3 Å². The number of fused-ring (bicyclic) bond motifs is 1. The number of urea groups is 1. The van der Waals surface area contributed by atoms with Gasteiger partial charge in [0.25, 0.3) is 5.91 Å². The zero-order chi connectivity index (χ0) is 21.3. The lowest BCUT2D eigenvalue weighted by Crippen LogP contribution is -2.49. The molecule has 1 atom stereocenters. The highest BCUT2D eigenvalue weighted by Gasteiger charge is 2.50. The number of nitrogens with zero attached hydrogens (tertiary/aromatic N) is 2. The standard InChI is InChI=1S/C23H25N3O4/c1-3-23(4-2)21(28)25(22(29)24-23)14-20(27)26-17-12-8-9-13-19(17)30-15-18(26)16-10-6-5-7-11-16/h5-13,18H,3-4,14-15H2,1-2H3,(H,24,29)/t18-/m0/s1. The third-order valence-electron chi connectivity index (χ3n) is 6.03. The number of rotatable bonds is 5. The molecule has 1 fully saturated rings. The lowest BCUT2D eigenvalue weighted by atomic mass is 9.93. The summed E-state index contributed by atoms with van der Waals surface area (Å²) < 4.78 is 5.90. The Morgan fingerprint density at radius 3 is 2.40 bits per heavy atom. The molecule has 0 spiro atoms. The molecule has 0 aromatic heterocycles. The average Bonchev–Trinajstić information content (AvgIpc) is 3.03. The van der Waals surface area contributed by atoms with Gasteiger partial charge in [0.2, 0.25) is 5.91 Å². The Morgan fingerprint density at radius 2 is 1.73 bits per heavy atom. The molecule has 1 saturated heterocycles. The number of ether oxygens (including phenoxy) is 1. The molecule has 30 heavy (non-hydrogen) atoms. The maximum Gasteiger partial charge on any atom is 0.325 e. The second kappa shape index (κ2) is 7.82. The van der Waals surface area contributed by atoms with Crippen LogP contribution >= 0.6 is 0 Å². The Bertz CT molecular complexity index is 971. The van der Waals surface area contributed by atoms with E-state index in [1.165, 1.54) is 0 Å². The molecular formula is C23H25N3O4. The highest BCUT2D eigenvalue weighted by molar-refractivity contribution is 6.10. The molecule has 7 heteroatoms. The zero-order valence-electron chi connectivity index (χ0n) is 17.1. The number of hydrogen-bond donors (Lipinski definition) is 1. The van der Waals surface area contributed by atoms with E-state index < -0.39 is 11.6 Å². The highest BCUT2D eigenvalue weighted by Crippen LogP contribution is 2.39. The van der Waals surface area contributed by atoms with E-state index in [-0.39, 0.29) is 24.4 Å². The van der Waals surface area contributed by atoms with Crippen molar-refractivity contribution in [1.82, 2.24) is 10.2 Å². The Morgan fingerprint density at radius 1 is 1.07 bits per heavy atom. The zero-order valence-corrected chi connectivity index (χ0v) is 17.1. The van der Waals surface area contributed by atoms with E-state index in [2.05, 4.69) is 5.32 Å². The molecule has 0 aliphatic carbocycles. The average molecular weight is 407 g/mol. The minimum atomic E-state index is -0.931. The van der Waals surface area contributed by atoms with Crippen LogP contribution in [0, 0.1) is 0 Å².